The number of rotatable bonds is 7. The van der Waals surface area contributed by atoms with Crippen LogP contribution in [0.3, 0.4) is 0 Å². The standard InChI is InChI=1S/C23H27N9/c1-15-10-22(31-30-15)28-21-13-20(16-4-2-8-25-14-16)27-23(29-21)26-17-11-18-5-6-19(12-17)32(18)9-3-7-24/h2,4,8,10,13-14,17-19H,3,5-6,9,11-12H2,1H3,(H3,26,27,28,29,30,31)/t17-,18-,19+. The summed E-state index contributed by atoms with van der Waals surface area (Å²) in [5.41, 5.74) is 2.72. The van der Waals surface area contributed by atoms with E-state index in [2.05, 4.69) is 36.8 Å². The predicted octanol–water partition coefficient (Wildman–Crippen LogP) is 3.63. The first-order valence-electron chi connectivity index (χ1n) is 11.2. The quantitative estimate of drug-likeness (QED) is 0.521. The minimum Gasteiger partial charge on any atom is -0.351 e. The van der Waals surface area contributed by atoms with Gasteiger partial charge in [0.05, 0.1) is 11.8 Å². The van der Waals surface area contributed by atoms with Crippen LogP contribution in [0.25, 0.3) is 11.3 Å². The Bertz CT molecular complexity index is 1090. The van der Waals surface area contributed by atoms with E-state index in [-0.39, 0.29) is 0 Å². The van der Waals surface area contributed by atoms with Crippen LogP contribution in [-0.2, 0) is 0 Å². The third-order valence-electron chi connectivity index (χ3n) is 6.34. The Kier molecular flexibility index (Phi) is 5.69. The van der Waals surface area contributed by atoms with Crippen LogP contribution in [-0.4, -0.2) is 54.7 Å². The lowest BCUT2D eigenvalue weighted by molar-refractivity contribution is 0.135. The number of pyridine rings is 1. The second-order valence-electron chi connectivity index (χ2n) is 8.61. The van der Waals surface area contributed by atoms with Gasteiger partial charge in [0.2, 0.25) is 5.95 Å². The number of hydrogen-bond acceptors (Lipinski definition) is 8. The van der Waals surface area contributed by atoms with E-state index in [1.54, 1.807) is 6.20 Å². The monoisotopic (exact) mass is 429 g/mol. The number of piperidine rings is 1. The second kappa shape index (κ2) is 8.93. The Morgan fingerprint density at radius 2 is 2.03 bits per heavy atom. The molecular formula is C23H27N9. The van der Waals surface area contributed by atoms with Crippen molar-refractivity contribution in [3.63, 3.8) is 0 Å². The van der Waals surface area contributed by atoms with Gasteiger partial charge in [-0.2, -0.15) is 15.3 Å². The summed E-state index contributed by atoms with van der Waals surface area (Å²) in [6, 6.07) is 11.4. The van der Waals surface area contributed by atoms with Crippen molar-refractivity contribution in [3.8, 4) is 17.3 Å². The first kappa shape index (κ1) is 20.4. The average molecular weight is 430 g/mol. The van der Waals surface area contributed by atoms with Crippen molar-refractivity contribution in [2.24, 2.45) is 0 Å². The summed E-state index contributed by atoms with van der Waals surface area (Å²) in [6.45, 7) is 2.84. The number of nitrogens with zero attached hydrogens (tertiary/aromatic N) is 6. The Morgan fingerprint density at radius 3 is 2.72 bits per heavy atom. The summed E-state index contributed by atoms with van der Waals surface area (Å²) in [5.74, 6) is 2.01. The largest absolute Gasteiger partial charge is 0.351 e. The average Bonchev–Trinajstić information content (AvgIpc) is 3.31. The Balaban J connectivity index is 1.37. The third-order valence-corrected chi connectivity index (χ3v) is 6.34. The zero-order valence-electron chi connectivity index (χ0n) is 18.1. The second-order valence-corrected chi connectivity index (χ2v) is 8.61. The first-order chi connectivity index (χ1) is 15.7. The summed E-state index contributed by atoms with van der Waals surface area (Å²) in [7, 11) is 0. The number of aryl methyl sites for hydroxylation is 1. The zero-order valence-corrected chi connectivity index (χ0v) is 18.1. The van der Waals surface area contributed by atoms with E-state index in [1.807, 2.05) is 37.4 Å². The minimum atomic E-state index is 0.315. The van der Waals surface area contributed by atoms with E-state index >= 15 is 0 Å². The SMILES string of the molecule is Cc1cc(Nc2cc(-c3cccnc3)nc(N[C@@H]3C[C@H]4CC[C@@H](C3)N4CCC#N)n2)n[nH]1. The molecule has 0 unspecified atom stereocenters. The molecule has 3 aromatic heterocycles. The molecule has 5 heterocycles. The maximum absolute atomic E-state index is 8.97. The van der Waals surface area contributed by atoms with Crippen molar-refractivity contribution in [1.29, 1.82) is 5.26 Å². The van der Waals surface area contributed by atoms with Crippen molar-refractivity contribution in [3.05, 3.63) is 42.4 Å². The van der Waals surface area contributed by atoms with Crippen LogP contribution in [0.2, 0.25) is 0 Å². The molecule has 2 bridgehead atoms. The molecule has 0 amide bonds. The van der Waals surface area contributed by atoms with Crippen molar-refractivity contribution in [1.82, 2.24) is 30.0 Å². The zero-order chi connectivity index (χ0) is 21.9. The van der Waals surface area contributed by atoms with E-state index in [1.165, 1.54) is 12.8 Å². The van der Waals surface area contributed by atoms with Gasteiger partial charge in [0.15, 0.2) is 5.82 Å². The van der Waals surface area contributed by atoms with Crippen LogP contribution < -0.4 is 10.6 Å². The van der Waals surface area contributed by atoms with Crippen LogP contribution in [0.4, 0.5) is 17.6 Å². The summed E-state index contributed by atoms with van der Waals surface area (Å²) in [4.78, 5) is 16.3. The molecule has 2 aliphatic heterocycles. The maximum Gasteiger partial charge on any atom is 0.225 e. The molecule has 9 nitrogen and oxygen atoms in total. The highest BCUT2D eigenvalue weighted by atomic mass is 15.3. The summed E-state index contributed by atoms with van der Waals surface area (Å²) < 4.78 is 0. The molecule has 164 valence electrons. The summed E-state index contributed by atoms with van der Waals surface area (Å²) >= 11 is 0. The smallest absolute Gasteiger partial charge is 0.225 e. The van der Waals surface area contributed by atoms with Crippen LogP contribution in [0.15, 0.2) is 36.7 Å². The molecule has 0 radical (unpaired) electrons. The molecule has 2 fully saturated rings. The lowest BCUT2D eigenvalue weighted by Crippen LogP contribution is -2.47. The molecule has 0 aromatic carbocycles. The highest BCUT2D eigenvalue weighted by molar-refractivity contribution is 5.66. The van der Waals surface area contributed by atoms with Gasteiger partial charge in [-0.25, -0.2) is 4.98 Å². The fourth-order valence-electron chi connectivity index (χ4n) is 4.97. The lowest BCUT2D eigenvalue weighted by Gasteiger charge is -2.38. The van der Waals surface area contributed by atoms with Gasteiger partial charge in [-0.15, -0.1) is 0 Å². The van der Waals surface area contributed by atoms with Crippen LogP contribution in [0.5, 0.6) is 0 Å². The molecule has 0 spiro atoms. The first-order valence-corrected chi connectivity index (χ1v) is 11.2. The van der Waals surface area contributed by atoms with Crippen molar-refractivity contribution < 1.29 is 0 Å². The van der Waals surface area contributed by atoms with Gasteiger partial charge in [-0.05, 0) is 44.7 Å². The molecular weight excluding hydrogens is 402 g/mol. The summed E-state index contributed by atoms with van der Waals surface area (Å²) in [5, 5.41) is 23.1. The number of anilines is 3. The molecule has 5 rings (SSSR count). The molecule has 0 aliphatic carbocycles. The van der Waals surface area contributed by atoms with Gasteiger partial charge in [-0.1, -0.05) is 0 Å². The topological polar surface area (TPSA) is 118 Å². The molecule has 3 aromatic rings. The number of aromatic amines is 1. The number of H-pyrrole nitrogens is 1. The normalized spacial score (nSPS) is 22.4. The number of nitriles is 1. The molecule has 2 saturated heterocycles. The minimum absolute atomic E-state index is 0.315. The molecule has 2 aliphatic rings. The Hall–Kier alpha value is -3.51. The van der Waals surface area contributed by atoms with Gasteiger partial charge < -0.3 is 10.6 Å². The predicted molar refractivity (Wildman–Crippen MR) is 122 cm³/mol. The molecule has 3 atom stereocenters. The lowest BCUT2D eigenvalue weighted by atomic mass is 9.97. The number of fused-ring (bicyclic) bond motifs is 2. The van der Waals surface area contributed by atoms with Gasteiger partial charge in [0.1, 0.15) is 5.82 Å². The van der Waals surface area contributed by atoms with Crippen molar-refractivity contribution in [2.75, 3.05) is 17.2 Å². The highest BCUT2D eigenvalue weighted by Gasteiger charge is 2.40. The van der Waals surface area contributed by atoms with E-state index in [4.69, 9.17) is 15.2 Å². The summed E-state index contributed by atoms with van der Waals surface area (Å²) in [6.07, 6.45) is 8.66. The van der Waals surface area contributed by atoms with Crippen LogP contribution in [0.1, 0.15) is 37.8 Å². The third kappa shape index (κ3) is 4.41. The molecule has 0 saturated carbocycles. The highest BCUT2D eigenvalue weighted by Crippen LogP contribution is 2.36. The van der Waals surface area contributed by atoms with E-state index in [9.17, 15) is 0 Å². The number of aromatic nitrogens is 5. The fraction of sp³-hybridized carbons (Fsp3) is 0.435. The Morgan fingerprint density at radius 1 is 1.19 bits per heavy atom. The van der Waals surface area contributed by atoms with E-state index in [0.717, 1.165) is 36.3 Å². The van der Waals surface area contributed by atoms with Crippen molar-refractivity contribution in [2.45, 2.75) is 57.2 Å². The molecule has 3 N–H and O–H groups in total. The van der Waals surface area contributed by atoms with E-state index < -0.39 is 0 Å². The van der Waals surface area contributed by atoms with Gasteiger partial charge in [-0.3, -0.25) is 15.0 Å². The van der Waals surface area contributed by atoms with Crippen LogP contribution >= 0.6 is 0 Å². The molecule has 9 heteroatoms. The van der Waals surface area contributed by atoms with Gasteiger partial charge in [0, 0.05) is 66.9 Å². The van der Waals surface area contributed by atoms with Crippen molar-refractivity contribution >= 4 is 17.6 Å². The van der Waals surface area contributed by atoms with E-state index in [0.29, 0.717) is 42.1 Å². The number of hydrogen-bond donors (Lipinski definition) is 3. The van der Waals surface area contributed by atoms with Gasteiger partial charge >= 0.3 is 0 Å². The number of nitrogens with one attached hydrogen (secondary N) is 3. The van der Waals surface area contributed by atoms with Crippen LogP contribution in [0, 0.1) is 18.3 Å². The van der Waals surface area contributed by atoms with Gasteiger partial charge in [0.25, 0.3) is 0 Å². The fourth-order valence-corrected chi connectivity index (χ4v) is 4.97. The maximum atomic E-state index is 8.97. The Labute approximate surface area is 187 Å². The molecule has 32 heavy (non-hydrogen) atoms.